The molecular formula is C20H25NO4. The Bertz CT molecular complexity index is 687. The maximum atomic E-state index is 12.5. The highest BCUT2D eigenvalue weighted by atomic mass is 16.5. The maximum Gasteiger partial charge on any atom is 0.227 e. The third kappa shape index (κ3) is 4.73. The number of hydrogen-bond donors (Lipinski definition) is 2. The van der Waals surface area contributed by atoms with Crippen LogP contribution < -0.4 is 14.8 Å². The van der Waals surface area contributed by atoms with E-state index in [2.05, 4.69) is 5.32 Å². The molecule has 0 aliphatic heterocycles. The van der Waals surface area contributed by atoms with Gasteiger partial charge in [0.2, 0.25) is 5.91 Å². The molecule has 0 saturated heterocycles. The number of aliphatic hydroxyl groups is 1. The van der Waals surface area contributed by atoms with Gasteiger partial charge >= 0.3 is 0 Å². The van der Waals surface area contributed by atoms with E-state index in [0.29, 0.717) is 23.5 Å². The fraction of sp³-hybridized carbons (Fsp3) is 0.350. The zero-order valence-electron chi connectivity index (χ0n) is 14.9. The van der Waals surface area contributed by atoms with Crippen molar-refractivity contribution < 1.29 is 19.4 Å². The van der Waals surface area contributed by atoms with Crippen LogP contribution in [0.5, 0.6) is 11.5 Å². The van der Waals surface area contributed by atoms with Crippen LogP contribution in [0.3, 0.4) is 0 Å². The van der Waals surface area contributed by atoms with Crippen molar-refractivity contribution in [3.05, 3.63) is 59.7 Å². The third-order valence-electron chi connectivity index (χ3n) is 4.19. The van der Waals surface area contributed by atoms with E-state index >= 15 is 0 Å². The summed E-state index contributed by atoms with van der Waals surface area (Å²) in [6, 6.07) is 14.9. The maximum absolute atomic E-state index is 12.5. The summed E-state index contributed by atoms with van der Waals surface area (Å²) in [6.07, 6.45) is -0.125. The summed E-state index contributed by atoms with van der Waals surface area (Å²) < 4.78 is 10.4. The van der Waals surface area contributed by atoms with Gasteiger partial charge < -0.3 is 19.9 Å². The number of carbonyl (C=O) groups excluding carboxylic acids is 1. The van der Waals surface area contributed by atoms with E-state index in [1.54, 1.807) is 32.4 Å². The molecule has 0 aliphatic rings. The van der Waals surface area contributed by atoms with Crippen LogP contribution >= 0.6 is 0 Å². The Hall–Kier alpha value is -2.53. The van der Waals surface area contributed by atoms with Gasteiger partial charge in [0.1, 0.15) is 0 Å². The first-order chi connectivity index (χ1) is 12.1. The molecule has 0 bridgehead atoms. The largest absolute Gasteiger partial charge is 0.493 e. The molecule has 0 heterocycles. The van der Waals surface area contributed by atoms with Crippen molar-refractivity contribution in [3.8, 4) is 11.5 Å². The molecule has 2 N–H and O–H groups in total. The predicted molar refractivity (Wildman–Crippen MR) is 97.0 cm³/mol. The second-order valence-electron chi connectivity index (χ2n) is 5.75. The Labute approximate surface area is 148 Å². The van der Waals surface area contributed by atoms with Crippen molar-refractivity contribution in [2.24, 2.45) is 0 Å². The fourth-order valence-electron chi connectivity index (χ4n) is 2.76. The van der Waals surface area contributed by atoms with Crippen molar-refractivity contribution >= 4 is 5.91 Å². The van der Waals surface area contributed by atoms with Crippen LogP contribution in [-0.2, 0) is 4.79 Å². The highest BCUT2D eigenvalue weighted by Gasteiger charge is 2.20. The summed E-state index contributed by atoms with van der Waals surface area (Å²) >= 11 is 0. The van der Waals surface area contributed by atoms with Crippen LogP contribution in [-0.4, -0.2) is 31.8 Å². The highest BCUT2D eigenvalue weighted by Crippen LogP contribution is 2.30. The van der Waals surface area contributed by atoms with Crippen LogP contribution in [0.25, 0.3) is 0 Å². The molecule has 2 rings (SSSR count). The first-order valence-corrected chi connectivity index (χ1v) is 8.33. The van der Waals surface area contributed by atoms with Crippen molar-refractivity contribution in [3.63, 3.8) is 0 Å². The molecular weight excluding hydrogens is 318 g/mol. The molecule has 0 saturated carbocycles. The Morgan fingerprint density at radius 1 is 1.04 bits per heavy atom. The first kappa shape index (κ1) is 18.8. The molecule has 1 amide bonds. The summed E-state index contributed by atoms with van der Waals surface area (Å²) in [5, 5.41) is 13.2. The average Bonchev–Trinajstić information content (AvgIpc) is 2.66. The normalized spacial score (nSPS) is 13.0. The Kier molecular flexibility index (Phi) is 6.83. The lowest BCUT2D eigenvalue weighted by Gasteiger charge is -2.18. The van der Waals surface area contributed by atoms with Crippen molar-refractivity contribution in [2.45, 2.75) is 25.4 Å². The molecule has 5 heteroatoms. The van der Waals surface area contributed by atoms with Gasteiger partial charge in [-0.15, -0.1) is 0 Å². The quantitative estimate of drug-likeness (QED) is 0.773. The van der Waals surface area contributed by atoms with Gasteiger partial charge in [-0.1, -0.05) is 43.3 Å². The van der Waals surface area contributed by atoms with E-state index < -0.39 is 6.10 Å². The number of aliphatic hydroxyl groups excluding tert-OH is 1. The van der Waals surface area contributed by atoms with E-state index in [1.807, 2.05) is 37.3 Å². The number of rotatable bonds is 8. The van der Waals surface area contributed by atoms with Gasteiger partial charge in [-0.05, 0) is 29.7 Å². The van der Waals surface area contributed by atoms with Crippen LogP contribution in [0.1, 0.15) is 36.5 Å². The molecule has 134 valence electrons. The van der Waals surface area contributed by atoms with Crippen LogP contribution in [0.15, 0.2) is 48.5 Å². The molecule has 0 aromatic heterocycles. The van der Waals surface area contributed by atoms with E-state index in [-0.39, 0.29) is 18.4 Å². The minimum Gasteiger partial charge on any atom is -0.493 e. The van der Waals surface area contributed by atoms with Crippen molar-refractivity contribution in [1.82, 2.24) is 5.32 Å². The fourth-order valence-corrected chi connectivity index (χ4v) is 2.76. The molecule has 0 radical (unpaired) electrons. The minimum atomic E-state index is -0.822. The Balaban J connectivity index is 2.01. The second kappa shape index (κ2) is 9.08. The zero-order valence-corrected chi connectivity index (χ0v) is 14.9. The summed E-state index contributed by atoms with van der Waals surface area (Å²) in [5.41, 5.74) is 1.63. The number of amides is 1. The van der Waals surface area contributed by atoms with E-state index in [1.165, 1.54) is 0 Å². The zero-order chi connectivity index (χ0) is 18.2. The molecule has 0 spiro atoms. The monoisotopic (exact) mass is 343 g/mol. The number of carbonyl (C=O) groups is 1. The highest BCUT2D eigenvalue weighted by molar-refractivity contribution is 5.83. The smallest absolute Gasteiger partial charge is 0.227 e. The van der Waals surface area contributed by atoms with Crippen molar-refractivity contribution in [1.29, 1.82) is 0 Å². The van der Waals surface area contributed by atoms with Gasteiger partial charge in [0.05, 0.1) is 26.2 Å². The molecule has 0 unspecified atom stereocenters. The van der Waals surface area contributed by atoms with Gasteiger partial charge in [-0.25, -0.2) is 0 Å². The summed E-state index contributed by atoms with van der Waals surface area (Å²) in [5.74, 6) is 0.825. The van der Waals surface area contributed by atoms with Gasteiger partial charge in [-0.3, -0.25) is 4.79 Å². The van der Waals surface area contributed by atoms with E-state index in [9.17, 15) is 9.90 Å². The van der Waals surface area contributed by atoms with E-state index in [0.717, 1.165) is 5.56 Å². The van der Waals surface area contributed by atoms with E-state index in [4.69, 9.17) is 9.47 Å². The number of nitrogens with one attached hydrogen (secondary N) is 1. The van der Waals surface area contributed by atoms with Crippen LogP contribution in [0, 0.1) is 0 Å². The molecule has 2 aromatic carbocycles. The Morgan fingerprint density at radius 2 is 1.72 bits per heavy atom. The lowest BCUT2D eigenvalue weighted by atomic mass is 9.95. The molecule has 2 aromatic rings. The van der Waals surface area contributed by atoms with Crippen LogP contribution in [0.4, 0.5) is 0 Å². The standard InChI is InChI=1S/C20H25NO4/c1-4-16(14-8-6-5-7-9-14)20(23)21-13-17(22)15-10-11-18(24-2)19(12-15)25-3/h5-12,16-17,22H,4,13H2,1-3H3,(H,21,23)/t16-,17-/m0/s1. The average molecular weight is 343 g/mol. The predicted octanol–water partition coefficient (Wildman–Crippen LogP) is 3.05. The number of ether oxygens (including phenoxy) is 2. The molecule has 2 atom stereocenters. The van der Waals surface area contributed by atoms with Gasteiger partial charge in [0.25, 0.3) is 0 Å². The third-order valence-corrected chi connectivity index (χ3v) is 4.19. The van der Waals surface area contributed by atoms with Gasteiger partial charge in [-0.2, -0.15) is 0 Å². The van der Waals surface area contributed by atoms with Crippen LogP contribution in [0.2, 0.25) is 0 Å². The second-order valence-corrected chi connectivity index (χ2v) is 5.75. The lowest BCUT2D eigenvalue weighted by molar-refractivity contribution is -0.123. The molecule has 0 fully saturated rings. The summed E-state index contributed by atoms with van der Waals surface area (Å²) in [6.45, 7) is 2.11. The minimum absolute atomic E-state index is 0.0896. The molecule has 25 heavy (non-hydrogen) atoms. The number of benzene rings is 2. The SMILES string of the molecule is CC[C@H](C(=O)NC[C@H](O)c1ccc(OC)c(OC)c1)c1ccccc1. The molecule has 0 aliphatic carbocycles. The lowest BCUT2D eigenvalue weighted by Crippen LogP contribution is -2.32. The Morgan fingerprint density at radius 3 is 2.32 bits per heavy atom. The van der Waals surface area contributed by atoms with Crippen molar-refractivity contribution in [2.75, 3.05) is 20.8 Å². The van der Waals surface area contributed by atoms with Gasteiger partial charge in [0, 0.05) is 6.54 Å². The van der Waals surface area contributed by atoms with Gasteiger partial charge in [0.15, 0.2) is 11.5 Å². The summed E-state index contributed by atoms with van der Waals surface area (Å²) in [7, 11) is 3.10. The topological polar surface area (TPSA) is 67.8 Å². The number of hydrogen-bond acceptors (Lipinski definition) is 4. The molecule has 5 nitrogen and oxygen atoms in total. The summed E-state index contributed by atoms with van der Waals surface area (Å²) in [4.78, 5) is 12.5. The first-order valence-electron chi connectivity index (χ1n) is 8.33. The number of methoxy groups -OCH3 is 2.